The predicted octanol–water partition coefficient (Wildman–Crippen LogP) is 8.37. The minimum Gasteiger partial charge on any atom is -0.381 e. The normalized spacial score (nSPS) is 13.0. The van der Waals surface area contributed by atoms with Crippen LogP contribution in [0.3, 0.4) is 0 Å². The first-order valence-electron chi connectivity index (χ1n) is 13.2. The van der Waals surface area contributed by atoms with E-state index >= 15 is 0 Å². The Bertz CT molecular complexity index is 1040. The van der Waals surface area contributed by atoms with Gasteiger partial charge < -0.3 is 14.7 Å². The fourth-order valence-corrected chi connectivity index (χ4v) is 5.36. The topological polar surface area (TPSA) is 66.6 Å². The third-order valence-electron chi connectivity index (χ3n) is 6.96. The predicted molar refractivity (Wildman–Crippen MR) is 157 cm³/mol. The molecule has 0 fully saturated rings. The maximum Gasteiger partial charge on any atom is 0.0923 e. The zero-order chi connectivity index (χ0) is 25.7. The number of aromatic amines is 2. The molecule has 0 saturated carbocycles. The van der Waals surface area contributed by atoms with E-state index in [-0.39, 0.29) is 0 Å². The average Bonchev–Trinajstić information content (AvgIpc) is 3.64. The zero-order valence-corrected chi connectivity index (χ0v) is 24.4. The number of hydrogen-bond donors (Lipinski definition) is 2. The summed E-state index contributed by atoms with van der Waals surface area (Å²) in [4.78, 5) is 15.3. The van der Waals surface area contributed by atoms with Gasteiger partial charge in [-0.3, -0.25) is 0 Å². The molecule has 2 N–H and O–H groups in total. The van der Waals surface area contributed by atoms with Crippen molar-refractivity contribution in [3.05, 3.63) is 105 Å². The van der Waals surface area contributed by atoms with Gasteiger partial charge in [0.15, 0.2) is 0 Å². The van der Waals surface area contributed by atoms with E-state index in [1.807, 2.05) is 12.4 Å². The highest BCUT2D eigenvalue weighted by molar-refractivity contribution is 9.10. The Morgan fingerprint density at radius 2 is 1.05 bits per heavy atom. The molecule has 0 spiro atoms. The van der Waals surface area contributed by atoms with E-state index in [1.165, 1.54) is 11.1 Å². The lowest BCUT2D eigenvalue weighted by Crippen LogP contribution is -2.09. The van der Waals surface area contributed by atoms with Crippen molar-refractivity contribution in [1.82, 2.24) is 19.9 Å². The minimum atomic E-state index is 0.412. The van der Waals surface area contributed by atoms with Gasteiger partial charge in [-0.15, -0.1) is 0 Å². The summed E-state index contributed by atoms with van der Waals surface area (Å²) < 4.78 is 8.41. The molecule has 5 nitrogen and oxygen atoms in total. The summed E-state index contributed by atoms with van der Waals surface area (Å²) in [5, 5.41) is 0. The maximum atomic E-state index is 6.16. The molecule has 0 aliphatic carbocycles. The lowest BCUT2D eigenvalue weighted by Gasteiger charge is -2.17. The van der Waals surface area contributed by atoms with Crippen LogP contribution in [0, 0.1) is 0 Å². The first kappa shape index (κ1) is 27.8. The molecule has 2 unspecified atom stereocenters. The van der Waals surface area contributed by atoms with E-state index in [9.17, 15) is 0 Å². The van der Waals surface area contributed by atoms with Crippen molar-refractivity contribution in [3.63, 3.8) is 0 Å². The van der Waals surface area contributed by atoms with Gasteiger partial charge in [0.05, 0.1) is 24.0 Å². The molecule has 0 aliphatic heterocycles. The van der Waals surface area contributed by atoms with Crippen LogP contribution in [0.15, 0.2) is 82.5 Å². The molecule has 2 aromatic heterocycles. The third-order valence-corrected chi connectivity index (χ3v) is 8.02. The molecule has 4 aromatic rings. The van der Waals surface area contributed by atoms with E-state index in [4.69, 9.17) is 4.74 Å². The summed E-state index contributed by atoms with van der Waals surface area (Å²) in [6.07, 6.45) is 16.3. The summed E-state index contributed by atoms with van der Waals surface area (Å²) in [6.45, 7) is 1.50. The molecular weight excluding hydrogens is 592 g/mol. The molecule has 4 rings (SSSR count). The van der Waals surface area contributed by atoms with Gasteiger partial charge in [-0.2, -0.15) is 0 Å². The zero-order valence-electron chi connectivity index (χ0n) is 21.2. The molecule has 0 radical (unpaired) electrons. The van der Waals surface area contributed by atoms with Gasteiger partial charge in [0, 0.05) is 46.4 Å². The van der Waals surface area contributed by atoms with Gasteiger partial charge in [0.2, 0.25) is 0 Å². The van der Waals surface area contributed by atoms with E-state index in [0.29, 0.717) is 11.8 Å². The van der Waals surface area contributed by atoms with Crippen molar-refractivity contribution >= 4 is 31.9 Å². The Hall–Kier alpha value is -2.22. The molecule has 0 aliphatic rings. The molecule has 0 bridgehead atoms. The Balaban J connectivity index is 1.20. The fraction of sp³-hybridized carbons (Fsp3) is 0.400. The molecular formula is C30H36Br2N4O. The quantitative estimate of drug-likeness (QED) is 0.123. The van der Waals surface area contributed by atoms with E-state index in [0.717, 1.165) is 84.9 Å². The highest BCUT2D eigenvalue weighted by Crippen LogP contribution is 2.26. The van der Waals surface area contributed by atoms with Crippen molar-refractivity contribution < 1.29 is 4.74 Å². The number of nitrogens with one attached hydrogen (secondary N) is 2. The highest BCUT2D eigenvalue weighted by atomic mass is 79.9. The van der Waals surface area contributed by atoms with Crippen LogP contribution in [0.5, 0.6) is 0 Å². The number of nitrogens with zero attached hydrogens (tertiary/aromatic N) is 2. The van der Waals surface area contributed by atoms with E-state index in [1.54, 1.807) is 12.7 Å². The number of ether oxygens (including phenoxy) is 1. The van der Waals surface area contributed by atoms with Crippen molar-refractivity contribution in [1.29, 1.82) is 0 Å². The van der Waals surface area contributed by atoms with Crippen LogP contribution in [0.25, 0.3) is 0 Å². The molecule has 7 heteroatoms. The van der Waals surface area contributed by atoms with Gasteiger partial charge in [-0.25, -0.2) is 9.97 Å². The molecule has 196 valence electrons. The summed E-state index contributed by atoms with van der Waals surface area (Å²) >= 11 is 7.03. The Kier molecular flexibility index (Phi) is 11.5. The van der Waals surface area contributed by atoms with Crippen molar-refractivity contribution in [2.45, 2.75) is 63.2 Å². The van der Waals surface area contributed by atoms with Crippen LogP contribution in [0.1, 0.15) is 72.9 Å². The first-order valence-corrected chi connectivity index (χ1v) is 14.8. The number of aromatic nitrogens is 4. The minimum absolute atomic E-state index is 0.412. The maximum absolute atomic E-state index is 6.16. The number of imidazole rings is 2. The fourth-order valence-electron chi connectivity index (χ4n) is 4.83. The number of halogens is 2. The SMILES string of the molecule is Brc1ccc(CCCC(CCOCCC(CCCc2ccc(Br)cc2)c2c[nH]cn2)c2c[nH]cn2)cc1. The van der Waals surface area contributed by atoms with Gasteiger partial charge in [0.1, 0.15) is 0 Å². The van der Waals surface area contributed by atoms with Crippen molar-refractivity contribution in [3.8, 4) is 0 Å². The first-order chi connectivity index (χ1) is 18.2. The summed E-state index contributed by atoms with van der Waals surface area (Å²) in [7, 11) is 0. The second kappa shape index (κ2) is 15.3. The average molecular weight is 628 g/mol. The van der Waals surface area contributed by atoms with Crippen LogP contribution in [-0.2, 0) is 17.6 Å². The molecule has 37 heavy (non-hydrogen) atoms. The lowest BCUT2D eigenvalue weighted by molar-refractivity contribution is 0.117. The Morgan fingerprint density at radius 1 is 0.622 bits per heavy atom. The number of hydrogen-bond acceptors (Lipinski definition) is 3. The lowest BCUT2D eigenvalue weighted by atomic mass is 9.94. The van der Waals surface area contributed by atoms with Crippen LogP contribution in [0.2, 0.25) is 0 Å². The molecule has 2 atom stereocenters. The summed E-state index contributed by atoms with van der Waals surface area (Å²) in [6, 6.07) is 17.3. The number of aryl methyl sites for hydroxylation is 2. The van der Waals surface area contributed by atoms with Crippen LogP contribution in [-0.4, -0.2) is 33.1 Å². The Labute approximate surface area is 237 Å². The van der Waals surface area contributed by atoms with Gasteiger partial charge in [-0.1, -0.05) is 56.1 Å². The van der Waals surface area contributed by atoms with Crippen LogP contribution < -0.4 is 0 Å². The second-order valence-electron chi connectivity index (χ2n) is 9.61. The second-order valence-corrected chi connectivity index (χ2v) is 11.4. The van der Waals surface area contributed by atoms with E-state index < -0.39 is 0 Å². The monoisotopic (exact) mass is 626 g/mol. The van der Waals surface area contributed by atoms with Gasteiger partial charge >= 0.3 is 0 Å². The number of rotatable bonds is 16. The third kappa shape index (κ3) is 9.55. The number of benzene rings is 2. The van der Waals surface area contributed by atoms with Crippen LogP contribution >= 0.6 is 31.9 Å². The largest absolute Gasteiger partial charge is 0.381 e. The standard InChI is InChI=1S/C30H36Br2N4O/c31-27-11-7-23(8-12-27)3-1-5-25(29-19-33-21-35-29)15-17-37-18-16-26(30-20-34-22-36-30)6-2-4-24-9-13-28(32)14-10-24/h7-14,19-22,25-26H,1-6,15-18H2,(H,33,35)(H,34,36). The van der Waals surface area contributed by atoms with Gasteiger partial charge in [0.25, 0.3) is 0 Å². The summed E-state index contributed by atoms with van der Waals surface area (Å²) in [5.74, 6) is 0.824. The molecule has 0 amide bonds. The van der Waals surface area contributed by atoms with Gasteiger partial charge in [-0.05, 0) is 86.8 Å². The Morgan fingerprint density at radius 3 is 1.43 bits per heavy atom. The molecule has 0 saturated heterocycles. The van der Waals surface area contributed by atoms with Crippen LogP contribution in [0.4, 0.5) is 0 Å². The summed E-state index contributed by atoms with van der Waals surface area (Å²) in [5.41, 5.74) is 5.04. The molecule has 2 aromatic carbocycles. The molecule has 2 heterocycles. The van der Waals surface area contributed by atoms with Crippen molar-refractivity contribution in [2.24, 2.45) is 0 Å². The number of H-pyrrole nitrogens is 2. The smallest absolute Gasteiger partial charge is 0.0923 e. The van der Waals surface area contributed by atoms with Crippen molar-refractivity contribution in [2.75, 3.05) is 13.2 Å². The highest BCUT2D eigenvalue weighted by Gasteiger charge is 2.16. The van der Waals surface area contributed by atoms with E-state index in [2.05, 4.69) is 100 Å².